The van der Waals surface area contributed by atoms with Crippen molar-refractivity contribution in [3.05, 3.63) is 107 Å². The number of benzene rings is 3. The van der Waals surface area contributed by atoms with Gasteiger partial charge in [-0.3, -0.25) is 9.59 Å². The molecule has 0 saturated carbocycles. The molecule has 2 amide bonds. The average Bonchev–Trinajstić information content (AvgIpc) is 2.86. The number of nitrogens with zero attached hydrogens (tertiary/aromatic N) is 1. The normalized spacial score (nSPS) is 11.6. The first-order chi connectivity index (χ1) is 17.0. The lowest BCUT2D eigenvalue weighted by Crippen LogP contribution is -2.51. The number of hydrogen-bond donors (Lipinski definition) is 1. The van der Waals surface area contributed by atoms with Crippen molar-refractivity contribution in [1.29, 1.82) is 0 Å². The SMILES string of the molecule is CCCNC(=O)[C@H](Cc1ccccc1)N(Cc1ccccc1F)C(=O)CSCc1cccc(C)c1. The number of nitrogens with one attached hydrogen (secondary N) is 1. The van der Waals surface area contributed by atoms with Crippen LogP contribution in [0.15, 0.2) is 78.9 Å². The molecular formula is C29H33FN2O2S. The molecule has 4 nitrogen and oxygen atoms in total. The maximum atomic E-state index is 14.6. The molecule has 0 aliphatic carbocycles. The lowest BCUT2D eigenvalue weighted by Gasteiger charge is -2.31. The Hall–Kier alpha value is -3.12. The molecule has 0 aliphatic heterocycles. The largest absolute Gasteiger partial charge is 0.354 e. The molecule has 0 bridgehead atoms. The molecule has 3 aromatic carbocycles. The van der Waals surface area contributed by atoms with Gasteiger partial charge in [0.15, 0.2) is 0 Å². The Balaban J connectivity index is 1.84. The van der Waals surface area contributed by atoms with Gasteiger partial charge in [0, 0.05) is 30.8 Å². The van der Waals surface area contributed by atoms with Gasteiger partial charge in [-0.1, -0.05) is 85.3 Å². The maximum absolute atomic E-state index is 14.6. The van der Waals surface area contributed by atoms with E-state index in [4.69, 9.17) is 0 Å². The summed E-state index contributed by atoms with van der Waals surface area (Å²) in [5.41, 5.74) is 3.66. The van der Waals surface area contributed by atoms with Crippen LogP contribution >= 0.6 is 11.8 Å². The lowest BCUT2D eigenvalue weighted by molar-refractivity contribution is -0.139. The quantitative estimate of drug-likeness (QED) is 0.362. The van der Waals surface area contributed by atoms with Crippen LogP contribution in [0, 0.1) is 12.7 Å². The third-order valence-electron chi connectivity index (χ3n) is 5.70. The van der Waals surface area contributed by atoms with Crippen LogP contribution in [0.4, 0.5) is 4.39 Å². The zero-order valence-corrected chi connectivity index (χ0v) is 21.2. The van der Waals surface area contributed by atoms with E-state index < -0.39 is 6.04 Å². The fraction of sp³-hybridized carbons (Fsp3) is 0.310. The Labute approximate surface area is 211 Å². The van der Waals surface area contributed by atoms with E-state index in [-0.39, 0.29) is 29.9 Å². The summed E-state index contributed by atoms with van der Waals surface area (Å²) in [7, 11) is 0. The maximum Gasteiger partial charge on any atom is 0.243 e. The van der Waals surface area contributed by atoms with E-state index in [0.717, 1.165) is 17.5 Å². The minimum absolute atomic E-state index is 0.0353. The molecular weight excluding hydrogens is 459 g/mol. The fourth-order valence-electron chi connectivity index (χ4n) is 3.87. The Morgan fingerprint density at radius 2 is 1.69 bits per heavy atom. The van der Waals surface area contributed by atoms with Gasteiger partial charge in [0.2, 0.25) is 11.8 Å². The smallest absolute Gasteiger partial charge is 0.243 e. The second-order valence-electron chi connectivity index (χ2n) is 8.59. The molecule has 3 aromatic rings. The van der Waals surface area contributed by atoms with Gasteiger partial charge in [0.25, 0.3) is 0 Å². The summed E-state index contributed by atoms with van der Waals surface area (Å²) in [4.78, 5) is 28.3. The Morgan fingerprint density at radius 1 is 0.971 bits per heavy atom. The zero-order chi connectivity index (χ0) is 25.0. The molecule has 0 aromatic heterocycles. The first-order valence-corrected chi connectivity index (χ1v) is 13.1. The predicted octanol–water partition coefficient (Wildman–Crippen LogP) is 5.53. The third kappa shape index (κ3) is 8.25. The minimum atomic E-state index is -0.740. The van der Waals surface area contributed by atoms with E-state index in [1.807, 2.05) is 62.4 Å². The van der Waals surface area contributed by atoms with E-state index >= 15 is 0 Å². The molecule has 0 radical (unpaired) electrons. The fourth-order valence-corrected chi connectivity index (χ4v) is 4.73. The molecule has 0 aliphatic rings. The van der Waals surface area contributed by atoms with Crippen molar-refractivity contribution < 1.29 is 14.0 Å². The van der Waals surface area contributed by atoms with Gasteiger partial charge >= 0.3 is 0 Å². The van der Waals surface area contributed by atoms with Crippen molar-refractivity contribution >= 4 is 23.6 Å². The number of carbonyl (C=O) groups excluding carboxylic acids is 2. The highest BCUT2D eigenvalue weighted by Crippen LogP contribution is 2.20. The van der Waals surface area contributed by atoms with E-state index in [9.17, 15) is 14.0 Å². The number of thioether (sulfide) groups is 1. The van der Waals surface area contributed by atoms with Crippen LogP contribution in [0.1, 0.15) is 35.6 Å². The van der Waals surface area contributed by atoms with E-state index in [2.05, 4.69) is 11.4 Å². The molecule has 6 heteroatoms. The lowest BCUT2D eigenvalue weighted by atomic mass is 10.0. The molecule has 0 heterocycles. The van der Waals surface area contributed by atoms with Gasteiger partial charge in [-0.2, -0.15) is 0 Å². The molecule has 0 saturated heterocycles. The highest BCUT2D eigenvalue weighted by atomic mass is 32.2. The Kier molecular flexibility index (Phi) is 10.4. The van der Waals surface area contributed by atoms with Crippen molar-refractivity contribution in [3.63, 3.8) is 0 Å². The van der Waals surface area contributed by atoms with E-state index in [0.29, 0.717) is 24.3 Å². The van der Waals surface area contributed by atoms with Crippen LogP contribution in [0.5, 0.6) is 0 Å². The monoisotopic (exact) mass is 492 g/mol. The molecule has 0 spiro atoms. The summed E-state index contributed by atoms with van der Waals surface area (Å²) < 4.78 is 14.6. The standard InChI is InChI=1S/C29H33FN2O2S/c1-3-16-31-29(34)27(18-23-11-5-4-6-12-23)32(19-25-14-7-8-15-26(25)30)28(33)21-35-20-24-13-9-10-22(2)17-24/h4-15,17,27H,3,16,18-21H2,1-2H3,(H,31,34)/t27-/m0/s1. The molecule has 0 unspecified atom stereocenters. The van der Waals surface area contributed by atoms with Crippen LogP contribution in [0.2, 0.25) is 0 Å². The molecule has 184 valence electrons. The van der Waals surface area contributed by atoms with Gasteiger partial charge in [0.05, 0.1) is 5.75 Å². The van der Waals surface area contributed by atoms with Crippen LogP contribution in [-0.4, -0.2) is 35.1 Å². The summed E-state index contributed by atoms with van der Waals surface area (Å²) >= 11 is 1.50. The number of aryl methyl sites for hydroxylation is 1. The highest BCUT2D eigenvalue weighted by molar-refractivity contribution is 7.99. The number of rotatable bonds is 12. The number of amides is 2. The van der Waals surface area contributed by atoms with Gasteiger partial charge in [0.1, 0.15) is 11.9 Å². The van der Waals surface area contributed by atoms with Crippen molar-refractivity contribution in [2.45, 2.75) is 45.0 Å². The summed E-state index contributed by atoms with van der Waals surface area (Å²) in [6, 6.07) is 23.5. The topological polar surface area (TPSA) is 49.4 Å². The number of hydrogen-bond acceptors (Lipinski definition) is 3. The predicted molar refractivity (Wildman–Crippen MR) is 142 cm³/mol. The molecule has 1 N–H and O–H groups in total. The summed E-state index contributed by atoms with van der Waals surface area (Å²) in [5, 5.41) is 2.94. The van der Waals surface area contributed by atoms with Crippen LogP contribution in [0.3, 0.4) is 0 Å². The average molecular weight is 493 g/mol. The van der Waals surface area contributed by atoms with Gasteiger partial charge in [-0.05, 0) is 30.5 Å². The minimum Gasteiger partial charge on any atom is -0.354 e. The van der Waals surface area contributed by atoms with Crippen LogP contribution in [0.25, 0.3) is 0 Å². The molecule has 0 fully saturated rings. The van der Waals surface area contributed by atoms with Crippen molar-refractivity contribution in [1.82, 2.24) is 10.2 Å². The van der Waals surface area contributed by atoms with E-state index in [1.165, 1.54) is 23.4 Å². The first-order valence-electron chi connectivity index (χ1n) is 12.0. The van der Waals surface area contributed by atoms with Crippen LogP contribution in [-0.2, 0) is 28.3 Å². The summed E-state index contributed by atoms with van der Waals surface area (Å²) in [6.45, 7) is 4.58. The number of halogens is 1. The molecule has 1 atom stereocenters. The molecule has 35 heavy (non-hydrogen) atoms. The van der Waals surface area contributed by atoms with Crippen LogP contribution < -0.4 is 5.32 Å². The van der Waals surface area contributed by atoms with Gasteiger partial charge < -0.3 is 10.2 Å². The third-order valence-corrected chi connectivity index (χ3v) is 6.68. The van der Waals surface area contributed by atoms with Crippen molar-refractivity contribution in [2.24, 2.45) is 0 Å². The molecule has 3 rings (SSSR count). The van der Waals surface area contributed by atoms with Crippen molar-refractivity contribution in [2.75, 3.05) is 12.3 Å². The van der Waals surface area contributed by atoms with Gasteiger partial charge in [-0.25, -0.2) is 4.39 Å². The first kappa shape index (κ1) is 26.5. The van der Waals surface area contributed by atoms with Crippen molar-refractivity contribution in [3.8, 4) is 0 Å². The number of carbonyl (C=O) groups is 2. The van der Waals surface area contributed by atoms with E-state index in [1.54, 1.807) is 23.1 Å². The second-order valence-corrected chi connectivity index (χ2v) is 9.58. The highest BCUT2D eigenvalue weighted by Gasteiger charge is 2.30. The van der Waals surface area contributed by atoms with Gasteiger partial charge in [-0.15, -0.1) is 11.8 Å². The summed E-state index contributed by atoms with van der Waals surface area (Å²) in [5.74, 6) is 0.105. The Morgan fingerprint density at radius 3 is 2.40 bits per heavy atom. The zero-order valence-electron chi connectivity index (χ0n) is 20.4. The summed E-state index contributed by atoms with van der Waals surface area (Å²) in [6.07, 6.45) is 1.15. The second kappa shape index (κ2) is 13.7. The Bertz CT molecular complexity index is 1110.